The summed E-state index contributed by atoms with van der Waals surface area (Å²) in [6.07, 6.45) is 5.70. The smallest absolute Gasteiger partial charge is 0.251 e. The average Bonchev–Trinajstić information content (AvgIpc) is 2.48. The van der Waals surface area contributed by atoms with Gasteiger partial charge in [0.05, 0.1) is 0 Å². The molecular formula is C17H15NO. The summed E-state index contributed by atoms with van der Waals surface area (Å²) in [6.45, 7) is 0.505. The molecule has 0 heterocycles. The first-order valence-corrected chi connectivity index (χ1v) is 6.18. The van der Waals surface area contributed by atoms with E-state index in [1.807, 2.05) is 48.5 Å². The number of nitrogens with one attached hydrogen (secondary N) is 1. The molecular weight excluding hydrogens is 234 g/mol. The highest BCUT2D eigenvalue weighted by atomic mass is 16.1. The number of amides is 1. The van der Waals surface area contributed by atoms with Gasteiger partial charge in [-0.25, -0.2) is 0 Å². The van der Waals surface area contributed by atoms with Crippen LogP contribution in [0.15, 0.2) is 54.6 Å². The van der Waals surface area contributed by atoms with Crippen LogP contribution >= 0.6 is 0 Å². The standard InChI is InChI=1S/C17H15NO/c1-2-3-12-18-17(19)16-11-7-10-15(13-16)14-8-5-4-6-9-14/h1,4-11,13H,3,12H2,(H,18,19). The molecule has 0 aromatic heterocycles. The average molecular weight is 249 g/mol. The molecule has 19 heavy (non-hydrogen) atoms. The summed E-state index contributed by atoms with van der Waals surface area (Å²) >= 11 is 0. The molecule has 0 saturated heterocycles. The Balaban J connectivity index is 2.16. The first kappa shape index (κ1) is 12.9. The van der Waals surface area contributed by atoms with Crippen molar-refractivity contribution in [2.75, 3.05) is 6.54 Å². The van der Waals surface area contributed by atoms with Gasteiger partial charge in [0, 0.05) is 18.5 Å². The molecule has 94 valence electrons. The van der Waals surface area contributed by atoms with Crippen LogP contribution in [0.25, 0.3) is 11.1 Å². The van der Waals surface area contributed by atoms with Gasteiger partial charge in [0.2, 0.25) is 0 Å². The second-order valence-corrected chi connectivity index (χ2v) is 4.16. The van der Waals surface area contributed by atoms with Crippen LogP contribution in [0.2, 0.25) is 0 Å². The normalized spacial score (nSPS) is 9.63. The van der Waals surface area contributed by atoms with Gasteiger partial charge < -0.3 is 5.32 Å². The molecule has 0 spiro atoms. The van der Waals surface area contributed by atoms with E-state index in [0.717, 1.165) is 11.1 Å². The fourth-order valence-corrected chi connectivity index (χ4v) is 1.82. The molecule has 0 saturated carbocycles. The van der Waals surface area contributed by atoms with Gasteiger partial charge in [-0.15, -0.1) is 12.3 Å². The number of carbonyl (C=O) groups is 1. The number of carbonyl (C=O) groups excluding carboxylic acids is 1. The van der Waals surface area contributed by atoms with Crippen molar-refractivity contribution in [2.45, 2.75) is 6.42 Å². The molecule has 2 heteroatoms. The monoisotopic (exact) mass is 249 g/mol. The molecule has 2 aromatic carbocycles. The van der Waals surface area contributed by atoms with Crippen LogP contribution in [0.5, 0.6) is 0 Å². The number of benzene rings is 2. The maximum Gasteiger partial charge on any atom is 0.251 e. The number of rotatable bonds is 4. The third-order valence-corrected chi connectivity index (χ3v) is 2.79. The molecule has 0 aliphatic rings. The van der Waals surface area contributed by atoms with Gasteiger partial charge in [-0.2, -0.15) is 0 Å². The topological polar surface area (TPSA) is 29.1 Å². The van der Waals surface area contributed by atoms with Crippen molar-refractivity contribution < 1.29 is 4.79 Å². The zero-order valence-corrected chi connectivity index (χ0v) is 10.6. The fourth-order valence-electron chi connectivity index (χ4n) is 1.82. The minimum absolute atomic E-state index is 0.0898. The Bertz CT molecular complexity index is 596. The third-order valence-electron chi connectivity index (χ3n) is 2.79. The number of hydrogen-bond donors (Lipinski definition) is 1. The molecule has 0 bridgehead atoms. The highest BCUT2D eigenvalue weighted by Gasteiger charge is 2.05. The summed E-state index contributed by atoms with van der Waals surface area (Å²) in [5.74, 6) is 2.41. The number of hydrogen-bond acceptors (Lipinski definition) is 1. The van der Waals surface area contributed by atoms with Crippen molar-refractivity contribution in [3.8, 4) is 23.5 Å². The lowest BCUT2D eigenvalue weighted by Crippen LogP contribution is -2.24. The van der Waals surface area contributed by atoms with Crippen molar-refractivity contribution >= 4 is 5.91 Å². The van der Waals surface area contributed by atoms with Gasteiger partial charge in [0.1, 0.15) is 0 Å². The predicted octanol–water partition coefficient (Wildman–Crippen LogP) is 3.11. The summed E-state index contributed by atoms with van der Waals surface area (Å²) in [7, 11) is 0. The largest absolute Gasteiger partial charge is 0.351 e. The fraction of sp³-hybridized carbons (Fsp3) is 0.118. The zero-order valence-electron chi connectivity index (χ0n) is 10.6. The molecule has 0 fully saturated rings. The molecule has 0 aliphatic carbocycles. The van der Waals surface area contributed by atoms with Crippen molar-refractivity contribution in [2.24, 2.45) is 0 Å². The molecule has 0 radical (unpaired) electrons. The van der Waals surface area contributed by atoms with Crippen LogP contribution in [0.3, 0.4) is 0 Å². The summed E-state index contributed by atoms with van der Waals surface area (Å²) in [4.78, 5) is 11.9. The minimum Gasteiger partial charge on any atom is -0.351 e. The minimum atomic E-state index is -0.0898. The van der Waals surface area contributed by atoms with Gasteiger partial charge in [-0.05, 0) is 23.3 Å². The molecule has 1 N–H and O–H groups in total. The van der Waals surface area contributed by atoms with Gasteiger partial charge in [0.15, 0.2) is 0 Å². The zero-order chi connectivity index (χ0) is 13.5. The van der Waals surface area contributed by atoms with E-state index in [1.165, 1.54) is 0 Å². The second kappa shape index (κ2) is 6.42. The highest BCUT2D eigenvalue weighted by molar-refractivity contribution is 5.95. The lowest BCUT2D eigenvalue weighted by Gasteiger charge is -2.06. The molecule has 2 nitrogen and oxygen atoms in total. The summed E-state index contributed by atoms with van der Waals surface area (Å²) in [6, 6.07) is 17.6. The molecule has 0 unspecified atom stereocenters. The van der Waals surface area contributed by atoms with Crippen LogP contribution < -0.4 is 5.32 Å². The molecule has 2 rings (SSSR count). The van der Waals surface area contributed by atoms with E-state index in [4.69, 9.17) is 6.42 Å². The number of terminal acetylenes is 1. The van der Waals surface area contributed by atoms with Crippen LogP contribution in [-0.2, 0) is 0 Å². The SMILES string of the molecule is C#CCCNC(=O)c1cccc(-c2ccccc2)c1. The Kier molecular flexibility index (Phi) is 4.36. The summed E-state index contributed by atoms with van der Waals surface area (Å²) < 4.78 is 0. The molecule has 2 aromatic rings. The van der Waals surface area contributed by atoms with Gasteiger partial charge in [0.25, 0.3) is 5.91 Å². The maximum absolute atomic E-state index is 11.9. The Morgan fingerprint density at radius 2 is 1.79 bits per heavy atom. The van der Waals surface area contributed by atoms with E-state index in [0.29, 0.717) is 18.5 Å². The molecule has 0 atom stereocenters. The summed E-state index contributed by atoms with van der Waals surface area (Å²) in [5.41, 5.74) is 2.78. The third kappa shape index (κ3) is 3.46. The van der Waals surface area contributed by atoms with Crippen molar-refractivity contribution in [3.63, 3.8) is 0 Å². The molecule has 1 amide bonds. The van der Waals surface area contributed by atoms with E-state index in [1.54, 1.807) is 6.07 Å². The van der Waals surface area contributed by atoms with Crippen molar-refractivity contribution in [1.29, 1.82) is 0 Å². The van der Waals surface area contributed by atoms with Gasteiger partial charge in [-0.1, -0.05) is 42.5 Å². The van der Waals surface area contributed by atoms with E-state index in [-0.39, 0.29) is 5.91 Å². The van der Waals surface area contributed by atoms with E-state index >= 15 is 0 Å². The Morgan fingerprint density at radius 3 is 2.53 bits per heavy atom. The van der Waals surface area contributed by atoms with Crippen LogP contribution in [0, 0.1) is 12.3 Å². The van der Waals surface area contributed by atoms with E-state index in [2.05, 4.69) is 11.2 Å². The van der Waals surface area contributed by atoms with Crippen LogP contribution in [0.1, 0.15) is 16.8 Å². The Labute approximate surface area is 113 Å². The highest BCUT2D eigenvalue weighted by Crippen LogP contribution is 2.19. The predicted molar refractivity (Wildman–Crippen MR) is 77.7 cm³/mol. The Morgan fingerprint density at radius 1 is 1.05 bits per heavy atom. The van der Waals surface area contributed by atoms with Crippen LogP contribution in [-0.4, -0.2) is 12.5 Å². The van der Waals surface area contributed by atoms with E-state index in [9.17, 15) is 4.79 Å². The van der Waals surface area contributed by atoms with Gasteiger partial charge >= 0.3 is 0 Å². The molecule has 0 aliphatic heterocycles. The maximum atomic E-state index is 11.9. The van der Waals surface area contributed by atoms with Crippen LogP contribution in [0.4, 0.5) is 0 Å². The first-order chi connectivity index (χ1) is 9.31. The summed E-state index contributed by atoms with van der Waals surface area (Å²) in [5, 5.41) is 2.80. The van der Waals surface area contributed by atoms with Crippen molar-refractivity contribution in [1.82, 2.24) is 5.32 Å². The quantitative estimate of drug-likeness (QED) is 0.654. The van der Waals surface area contributed by atoms with Gasteiger partial charge in [-0.3, -0.25) is 4.79 Å². The second-order valence-electron chi connectivity index (χ2n) is 4.16. The first-order valence-electron chi connectivity index (χ1n) is 6.18. The van der Waals surface area contributed by atoms with Crippen molar-refractivity contribution in [3.05, 3.63) is 60.2 Å². The lowest BCUT2D eigenvalue weighted by atomic mass is 10.0. The van der Waals surface area contributed by atoms with E-state index < -0.39 is 0 Å². The Hall–Kier alpha value is -2.53. The lowest BCUT2D eigenvalue weighted by molar-refractivity contribution is 0.0954.